The Morgan fingerprint density at radius 2 is 2.07 bits per heavy atom. The molecule has 15 heavy (non-hydrogen) atoms. The summed E-state index contributed by atoms with van der Waals surface area (Å²) in [4.78, 5) is 11.1. The lowest BCUT2D eigenvalue weighted by Crippen LogP contribution is -2.39. The number of carbonyl (C=O) groups excluding carboxylic acids is 1. The molecule has 4 heteroatoms. The number of rotatable bonds is 4. The van der Waals surface area contributed by atoms with Crippen LogP contribution in [0.25, 0.3) is 0 Å². The Balaban J connectivity index is 2.32. The Labute approximate surface area is 89.1 Å². The van der Waals surface area contributed by atoms with Crippen molar-refractivity contribution >= 4 is 5.91 Å². The fraction of sp³-hybridized carbons (Fsp3) is 0.364. The molecule has 0 aliphatic heterocycles. The molecule has 0 heterocycles. The van der Waals surface area contributed by atoms with Crippen molar-refractivity contribution in [2.45, 2.75) is 19.4 Å². The summed E-state index contributed by atoms with van der Waals surface area (Å²) in [6.45, 7) is 2.21. The summed E-state index contributed by atoms with van der Waals surface area (Å²) in [5.41, 5.74) is 6.46. The van der Waals surface area contributed by atoms with Gasteiger partial charge in [-0.25, -0.2) is 0 Å². The topological polar surface area (TPSA) is 75.4 Å². The molecule has 1 aromatic rings. The lowest BCUT2D eigenvalue weighted by Gasteiger charge is -2.07. The van der Waals surface area contributed by atoms with Gasteiger partial charge in [-0.05, 0) is 31.0 Å². The average molecular weight is 208 g/mol. The first-order valence-corrected chi connectivity index (χ1v) is 4.91. The first-order valence-electron chi connectivity index (χ1n) is 4.91. The van der Waals surface area contributed by atoms with E-state index >= 15 is 0 Å². The zero-order chi connectivity index (χ0) is 11.3. The molecule has 0 saturated carbocycles. The standard InChI is InChI=1S/C11H16N2O2/c1-8(12)11(15)13-7-6-9-2-4-10(14)5-3-9/h2-5,8,14H,6-7,12H2,1H3,(H,13,15). The predicted octanol–water partition coefficient (Wildman–Crippen LogP) is 0.398. The van der Waals surface area contributed by atoms with E-state index < -0.39 is 6.04 Å². The lowest BCUT2D eigenvalue weighted by atomic mass is 10.1. The molecule has 0 aromatic heterocycles. The molecule has 0 fully saturated rings. The molecule has 1 amide bonds. The van der Waals surface area contributed by atoms with Gasteiger partial charge in [0.15, 0.2) is 0 Å². The number of phenols is 1. The number of amides is 1. The normalized spacial score (nSPS) is 12.1. The van der Waals surface area contributed by atoms with Gasteiger partial charge >= 0.3 is 0 Å². The molecular formula is C11H16N2O2. The highest BCUT2D eigenvalue weighted by Crippen LogP contribution is 2.09. The van der Waals surface area contributed by atoms with Crippen molar-refractivity contribution in [1.29, 1.82) is 0 Å². The van der Waals surface area contributed by atoms with Crippen LogP contribution in [0.2, 0.25) is 0 Å². The van der Waals surface area contributed by atoms with E-state index in [2.05, 4.69) is 5.32 Å². The van der Waals surface area contributed by atoms with Gasteiger partial charge in [-0.3, -0.25) is 4.79 Å². The molecule has 0 aliphatic carbocycles. The highest BCUT2D eigenvalue weighted by Gasteiger charge is 2.05. The van der Waals surface area contributed by atoms with Gasteiger partial charge in [0.2, 0.25) is 5.91 Å². The number of aromatic hydroxyl groups is 1. The van der Waals surface area contributed by atoms with Crippen LogP contribution in [0.15, 0.2) is 24.3 Å². The highest BCUT2D eigenvalue weighted by molar-refractivity contribution is 5.80. The van der Waals surface area contributed by atoms with Crippen LogP contribution in [0.1, 0.15) is 12.5 Å². The summed E-state index contributed by atoms with van der Waals surface area (Å²) >= 11 is 0. The van der Waals surface area contributed by atoms with Crippen LogP contribution in [-0.4, -0.2) is 23.6 Å². The van der Waals surface area contributed by atoms with Crippen LogP contribution in [0.4, 0.5) is 0 Å². The molecule has 1 rings (SSSR count). The minimum absolute atomic E-state index is 0.145. The quantitative estimate of drug-likeness (QED) is 0.670. The molecule has 1 aromatic carbocycles. The van der Waals surface area contributed by atoms with E-state index in [1.807, 2.05) is 12.1 Å². The van der Waals surface area contributed by atoms with Gasteiger partial charge in [0, 0.05) is 6.54 Å². The number of hydrogen-bond acceptors (Lipinski definition) is 3. The summed E-state index contributed by atoms with van der Waals surface area (Å²) < 4.78 is 0. The fourth-order valence-electron chi connectivity index (χ4n) is 1.15. The van der Waals surface area contributed by atoms with E-state index in [9.17, 15) is 4.79 Å². The van der Waals surface area contributed by atoms with E-state index in [-0.39, 0.29) is 11.7 Å². The number of phenolic OH excluding ortho intramolecular Hbond substituents is 1. The molecule has 0 aliphatic rings. The second-order valence-electron chi connectivity index (χ2n) is 3.50. The summed E-state index contributed by atoms with van der Waals surface area (Å²) in [6, 6.07) is 6.44. The third-order valence-electron chi connectivity index (χ3n) is 2.06. The summed E-state index contributed by atoms with van der Waals surface area (Å²) in [7, 11) is 0. The second kappa shape index (κ2) is 5.36. The summed E-state index contributed by atoms with van der Waals surface area (Å²) in [5, 5.41) is 11.8. The first kappa shape index (κ1) is 11.5. The zero-order valence-corrected chi connectivity index (χ0v) is 8.73. The van der Waals surface area contributed by atoms with Crippen molar-refractivity contribution in [1.82, 2.24) is 5.32 Å². The van der Waals surface area contributed by atoms with Gasteiger partial charge in [-0.2, -0.15) is 0 Å². The van der Waals surface area contributed by atoms with E-state index in [4.69, 9.17) is 10.8 Å². The van der Waals surface area contributed by atoms with Gasteiger partial charge in [-0.1, -0.05) is 12.1 Å². The zero-order valence-electron chi connectivity index (χ0n) is 8.73. The van der Waals surface area contributed by atoms with Crippen molar-refractivity contribution in [2.75, 3.05) is 6.54 Å². The Morgan fingerprint density at radius 3 is 2.60 bits per heavy atom. The van der Waals surface area contributed by atoms with Gasteiger partial charge in [0.25, 0.3) is 0 Å². The molecule has 4 nitrogen and oxygen atoms in total. The van der Waals surface area contributed by atoms with Gasteiger partial charge in [0.1, 0.15) is 5.75 Å². The van der Waals surface area contributed by atoms with Crippen LogP contribution in [0, 0.1) is 0 Å². The van der Waals surface area contributed by atoms with Crippen LogP contribution in [-0.2, 0) is 11.2 Å². The van der Waals surface area contributed by atoms with E-state index in [0.717, 1.165) is 12.0 Å². The molecule has 1 unspecified atom stereocenters. The molecule has 1 atom stereocenters. The van der Waals surface area contributed by atoms with Gasteiger partial charge < -0.3 is 16.2 Å². The lowest BCUT2D eigenvalue weighted by molar-refractivity contribution is -0.121. The van der Waals surface area contributed by atoms with Crippen molar-refractivity contribution in [3.8, 4) is 5.75 Å². The Hall–Kier alpha value is -1.55. The van der Waals surface area contributed by atoms with E-state index in [1.54, 1.807) is 19.1 Å². The predicted molar refractivity (Wildman–Crippen MR) is 58.5 cm³/mol. The first-order chi connectivity index (χ1) is 7.09. The molecule has 0 bridgehead atoms. The minimum Gasteiger partial charge on any atom is -0.508 e. The molecule has 0 saturated heterocycles. The van der Waals surface area contributed by atoms with Gasteiger partial charge in [-0.15, -0.1) is 0 Å². The van der Waals surface area contributed by atoms with Crippen LogP contribution in [0.5, 0.6) is 5.75 Å². The maximum atomic E-state index is 11.1. The monoisotopic (exact) mass is 208 g/mol. The van der Waals surface area contributed by atoms with Crippen molar-refractivity contribution in [2.24, 2.45) is 5.73 Å². The van der Waals surface area contributed by atoms with Crippen molar-refractivity contribution in [3.05, 3.63) is 29.8 Å². The molecule has 4 N–H and O–H groups in total. The summed E-state index contributed by atoms with van der Waals surface area (Å²) in [5.74, 6) is 0.104. The van der Waals surface area contributed by atoms with Gasteiger partial charge in [0.05, 0.1) is 6.04 Å². The Kier molecular flexibility index (Phi) is 4.12. The molecule has 82 valence electrons. The number of nitrogens with two attached hydrogens (primary N) is 1. The third kappa shape index (κ3) is 3.99. The molecule has 0 radical (unpaired) electrons. The molecular weight excluding hydrogens is 192 g/mol. The van der Waals surface area contributed by atoms with E-state index in [0.29, 0.717) is 6.54 Å². The maximum Gasteiger partial charge on any atom is 0.236 e. The van der Waals surface area contributed by atoms with E-state index in [1.165, 1.54) is 0 Å². The number of hydrogen-bond donors (Lipinski definition) is 3. The Bertz CT molecular complexity index is 320. The van der Waals surface area contributed by atoms with Crippen molar-refractivity contribution in [3.63, 3.8) is 0 Å². The number of benzene rings is 1. The van der Waals surface area contributed by atoms with Crippen molar-refractivity contribution < 1.29 is 9.90 Å². The largest absolute Gasteiger partial charge is 0.508 e. The Morgan fingerprint density at radius 1 is 1.47 bits per heavy atom. The average Bonchev–Trinajstić information content (AvgIpc) is 2.20. The minimum atomic E-state index is -0.468. The van der Waals surface area contributed by atoms with Crippen LogP contribution in [0.3, 0.4) is 0 Å². The van der Waals surface area contributed by atoms with Crippen LogP contribution >= 0.6 is 0 Å². The highest BCUT2D eigenvalue weighted by atomic mass is 16.3. The maximum absolute atomic E-state index is 11.1. The second-order valence-corrected chi connectivity index (χ2v) is 3.50. The number of nitrogens with one attached hydrogen (secondary N) is 1. The van der Waals surface area contributed by atoms with Crippen LogP contribution < -0.4 is 11.1 Å². The summed E-state index contributed by atoms with van der Waals surface area (Å²) in [6.07, 6.45) is 0.735. The fourth-order valence-corrected chi connectivity index (χ4v) is 1.15. The number of carbonyl (C=O) groups is 1. The molecule has 0 spiro atoms. The third-order valence-corrected chi connectivity index (χ3v) is 2.06. The SMILES string of the molecule is CC(N)C(=O)NCCc1ccc(O)cc1. The smallest absolute Gasteiger partial charge is 0.236 e.